The Hall–Kier alpha value is -2.40. The van der Waals surface area contributed by atoms with Crippen LogP contribution in [0.3, 0.4) is 0 Å². The lowest BCUT2D eigenvalue weighted by molar-refractivity contribution is 1.40. The van der Waals surface area contributed by atoms with E-state index in [-0.39, 0.29) is 0 Å². The molecule has 0 saturated heterocycles. The molecule has 0 saturated carbocycles. The van der Waals surface area contributed by atoms with Crippen molar-refractivity contribution in [1.82, 2.24) is 0 Å². The number of allylic oxidation sites excluding steroid dienone is 1. The fraction of sp³-hybridized carbons (Fsp3) is 0.0667. The molecule has 0 bridgehead atoms. The predicted molar refractivity (Wildman–Crippen MR) is 69.7 cm³/mol. The van der Waals surface area contributed by atoms with E-state index < -0.39 is 0 Å². The predicted octanol–water partition coefficient (Wildman–Crippen LogP) is 3.53. The summed E-state index contributed by atoms with van der Waals surface area (Å²) < 4.78 is 0. The average Bonchev–Trinajstić information content (AvgIpc) is 2.81. The number of hydrogen-bond donors (Lipinski definition) is 0. The van der Waals surface area contributed by atoms with E-state index in [1.165, 1.54) is 0 Å². The summed E-state index contributed by atoms with van der Waals surface area (Å²) in [6, 6.07) is 12.1. The molecule has 0 atom stereocenters. The molecule has 3 rings (SSSR count). The van der Waals surface area contributed by atoms with Crippen LogP contribution in [0.4, 0.5) is 5.69 Å². The van der Waals surface area contributed by atoms with E-state index in [0.717, 1.165) is 39.7 Å². The van der Waals surface area contributed by atoms with E-state index >= 15 is 0 Å². The van der Waals surface area contributed by atoms with Gasteiger partial charge in [0, 0.05) is 22.9 Å². The Bertz CT molecular complexity index is 703. The van der Waals surface area contributed by atoms with Gasteiger partial charge in [-0.1, -0.05) is 30.8 Å². The van der Waals surface area contributed by atoms with Crippen LogP contribution in [0.15, 0.2) is 48.0 Å². The van der Waals surface area contributed by atoms with Crippen molar-refractivity contribution in [3.63, 3.8) is 0 Å². The van der Waals surface area contributed by atoms with Crippen molar-refractivity contribution in [3.8, 4) is 6.07 Å². The van der Waals surface area contributed by atoms with Crippen molar-refractivity contribution in [2.45, 2.75) is 6.42 Å². The second-order valence-corrected chi connectivity index (χ2v) is 4.07. The lowest BCUT2D eigenvalue weighted by atomic mass is 9.98. The minimum absolute atomic E-state index is 0.722. The highest BCUT2D eigenvalue weighted by Crippen LogP contribution is 2.36. The summed E-state index contributed by atoms with van der Waals surface area (Å²) >= 11 is 0. The zero-order valence-corrected chi connectivity index (χ0v) is 9.27. The number of hydrogen-bond acceptors (Lipinski definition) is 2. The van der Waals surface area contributed by atoms with Gasteiger partial charge in [-0.25, -0.2) is 0 Å². The highest BCUT2D eigenvalue weighted by molar-refractivity contribution is 6.08. The molecule has 17 heavy (non-hydrogen) atoms. The standard InChI is InChI=1S/C15H10N2/c1-2-12-8-10-7-11(9-16)13-5-3-4-6-14(13)15(10)17-12/h2-7H,1,8H2. The number of fused-ring (bicyclic) bond motifs is 3. The van der Waals surface area contributed by atoms with Crippen molar-refractivity contribution in [3.05, 3.63) is 54.1 Å². The van der Waals surface area contributed by atoms with Crippen molar-refractivity contribution in [2.24, 2.45) is 4.99 Å². The van der Waals surface area contributed by atoms with Gasteiger partial charge in [0.1, 0.15) is 0 Å². The van der Waals surface area contributed by atoms with Crippen LogP contribution in [0, 0.1) is 11.3 Å². The van der Waals surface area contributed by atoms with Gasteiger partial charge in [-0.2, -0.15) is 5.26 Å². The van der Waals surface area contributed by atoms with E-state index in [1.54, 1.807) is 6.08 Å². The van der Waals surface area contributed by atoms with Gasteiger partial charge in [-0.15, -0.1) is 0 Å². The van der Waals surface area contributed by atoms with Crippen LogP contribution in [-0.4, -0.2) is 5.71 Å². The Labute approximate surface area is 99.5 Å². The molecule has 80 valence electrons. The van der Waals surface area contributed by atoms with Gasteiger partial charge in [0.05, 0.1) is 17.3 Å². The lowest BCUT2D eigenvalue weighted by Gasteiger charge is -2.05. The maximum atomic E-state index is 9.18. The zero-order valence-electron chi connectivity index (χ0n) is 9.27. The van der Waals surface area contributed by atoms with E-state index in [2.05, 4.69) is 17.6 Å². The summed E-state index contributed by atoms with van der Waals surface area (Å²) in [6.07, 6.45) is 2.55. The van der Waals surface area contributed by atoms with Gasteiger partial charge in [0.25, 0.3) is 0 Å². The van der Waals surface area contributed by atoms with Gasteiger partial charge in [0.2, 0.25) is 0 Å². The summed E-state index contributed by atoms with van der Waals surface area (Å²) in [4.78, 5) is 4.56. The third-order valence-electron chi connectivity index (χ3n) is 3.08. The topological polar surface area (TPSA) is 36.1 Å². The summed E-state index contributed by atoms with van der Waals surface area (Å²) in [5.41, 5.74) is 3.81. The van der Waals surface area contributed by atoms with E-state index in [9.17, 15) is 5.26 Å². The van der Waals surface area contributed by atoms with Crippen molar-refractivity contribution < 1.29 is 0 Å². The first-order valence-corrected chi connectivity index (χ1v) is 5.48. The Balaban J connectivity index is 2.41. The molecule has 0 unspecified atom stereocenters. The van der Waals surface area contributed by atoms with Gasteiger partial charge < -0.3 is 0 Å². The minimum Gasteiger partial charge on any atom is -0.252 e. The van der Waals surface area contributed by atoms with Crippen LogP contribution in [0.5, 0.6) is 0 Å². The van der Waals surface area contributed by atoms with E-state index in [0.29, 0.717) is 0 Å². The Morgan fingerprint density at radius 3 is 2.76 bits per heavy atom. The second-order valence-electron chi connectivity index (χ2n) is 4.07. The van der Waals surface area contributed by atoms with Crippen molar-refractivity contribution in [2.75, 3.05) is 0 Å². The largest absolute Gasteiger partial charge is 0.252 e. The molecule has 0 fully saturated rings. The molecule has 0 radical (unpaired) electrons. The molecule has 1 heterocycles. The molecule has 0 N–H and O–H groups in total. The fourth-order valence-corrected chi connectivity index (χ4v) is 2.27. The average molecular weight is 218 g/mol. The second kappa shape index (κ2) is 3.57. The number of benzene rings is 2. The van der Waals surface area contributed by atoms with E-state index in [4.69, 9.17) is 0 Å². The highest BCUT2D eigenvalue weighted by Gasteiger charge is 2.17. The SMILES string of the molecule is C=CC1=Nc2c(cc(C#N)c3ccccc23)C1. The maximum Gasteiger partial charge on any atom is 0.0998 e. The first kappa shape index (κ1) is 9.80. The molecule has 0 aromatic heterocycles. The van der Waals surface area contributed by atoms with Crippen LogP contribution in [-0.2, 0) is 6.42 Å². The minimum atomic E-state index is 0.722. The van der Waals surface area contributed by atoms with Crippen molar-refractivity contribution in [1.29, 1.82) is 5.26 Å². The molecular formula is C15H10N2. The van der Waals surface area contributed by atoms with E-state index in [1.807, 2.05) is 30.3 Å². The fourth-order valence-electron chi connectivity index (χ4n) is 2.27. The highest BCUT2D eigenvalue weighted by atomic mass is 14.8. The van der Waals surface area contributed by atoms with Crippen LogP contribution in [0.1, 0.15) is 11.1 Å². The van der Waals surface area contributed by atoms with Crippen LogP contribution in [0.2, 0.25) is 0 Å². The Kier molecular flexibility index (Phi) is 2.06. The molecule has 1 aliphatic heterocycles. The number of aliphatic imine (C=N–C) groups is 1. The summed E-state index contributed by atoms with van der Waals surface area (Å²) in [5, 5.41) is 11.2. The van der Waals surface area contributed by atoms with Gasteiger partial charge in [0.15, 0.2) is 0 Å². The smallest absolute Gasteiger partial charge is 0.0998 e. The quantitative estimate of drug-likeness (QED) is 0.721. The molecule has 0 spiro atoms. The molecule has 1 aliphatic rings. The number of rotatable bonds is 1. The van der Waals surface area contributed by atoms with Gasteiger partial charge >= 0.3 is 0 Å². The Morgan fingerprint density at radius 1 is 1.29 bits per heavy atom. The van der Waals surface area contributed by atoms with Gasteiger partial charge in [-0.3, -0.25) is 4.99 Å². The third-order valence-corrected chi connectivity index (χ3v) is 3.08. The lowest BCUT2D eigenvalue weighted by Crippen LogP contribution is -1.91. The molecule has 2 nitrogen and oxygen atoms in total. The summed E-state index contributed by atoms with van der Waals surface area (Å²) in [5.74, 6) is 0. The Morgan fingerprint density at radius 2 is 2.06 bits per heavy atom. The van der Waals surface area contributed by atoms with Crippen molar-refractivity contribution >= 4 is 22.2 Å². The molecule has 2 aromatic rings. The first-order valence-electron chi connectivity index (χ1n) is 5.48. The summed E-state index contributed by atoms with van der Waals surface area (Å²) in [6.45, 7) is 3.75. The number of nitrogens with zero attached hydrogens (tertiary/aromatic N) is 2. The normalized spacial score (nSPS) is 13.0. The molecular weight excluding hydrogens is 208 g/mol. The number of nitriles is 1. The van der Waals surface area contributed by atoms with Crippen LogP contribution in [0.25, 0.3) is 10.8 Å². The monoisotopic (exact) mass is 218 g/mol. The first-order chi connectivity index (χ1) is 8.33. The third kappa shape index (κ3) is 1.37. The molecule has 0 aliphatic carbocycles. The van der Waals surface area contributed by atoms with Gasteiger partial charge in [-0.05, 0) is 17.7 Å². The molecule has 2 aromatic carbocycles. The zero-order chi connectivity index (χ0) is 11.8. The molecule has 2 heteroatoms. The molecule has 0 amide bonds. The summed E-state index contributed by atoms with van der Waals surface area (Å²) in [7, 11) is 0. The maximum absolute atomic E-state index is 9.18. The van der Waals surface area contributed by atoms with Crippen LogP contribution >= 0.6 is 0 Å². The van der Waals surface area contributed by atoms with Crippen LogP contribution < -0.4 is 0 Å².